The molecule has 0 aliphatic rings. The van der Waals surface area contributed by atoms with Crippen LogP contribution in [0.1, 0.15) is 5.69 Å². The quantitative estimate of drug-likeness (QED) is 0.765. The van der Waals surface area contributed by atoms with Crippen molar-refractivity contribution in [2.45, 2.75) is 6.92 Å². The fourth-order valence-electron chi connectivity index (χ4n) is 1.72. The lowest BCUT2D eigenvalue weighted by atomic mass is 10.3. The number of aromatic nitrogens is 2. The van der Waals surface area contributed by atoms with Crippen LogP contribution in [0.25, 0.3) is 5.69 Å². The summed E-state index contributed by atoms with van der Waals surface area (Å²) in [5, 5.41) is 0. The molecule has 0 bridgehead atoms. The van der Waals surface area contributed by atoms with Crippen molar-refractivity contribution in [1.82, 2.24) is 9.36 Å². The van der Waals surface area contributed by atoms with Gasteiger partial charge in [-0.25, -0.2) is 4.68 Å². The first-order chi connectivity index (χ1) is 7.65. The van der Waals surface area contributed by atoms with Crippen LogP contribution in [0.4, 0.5) is 0 Å². The zero-order valence-electron chi connectivity index (χ0n) is 9.60. The summed E-state index contributed by atoms with van der Waals surface area (Å²) in [6, 6.07) is 9.06. The van der Waals surface area contributed by atoms with Gasteiger partial charge in [-0.1, -0.05) is 12.1 Å². The van der Waals surface area contributed by atoms with Gasteiger partial charge in [0.25, 0.3) is 5.56 Å². The van der Waals surface area contributed by atoms with E-state index >= 15 is 0 Å². The van der Waals surface area contributed by atoms with Crippen molar-refractivity contribution in [2.75, 3.05) is 7.11 Å². The second-order valence-corrected chi connectivity index (χ2v) is 3.63. The fraction of sp³-hybridized carbons (Fsp3) is 0.250. The highest BCUT2D eigenvalue weighted by Crippen LogP contribution is 2.20. The van der Waals surface area contributed by atoms with Gasteiger partial charge in [-0.05, 0) is 19.1 Å². The van der Waals surface area contributed by atoms with Crippen LogP contribution < -0.4 is 10.3 Å². The van der Waals surface area contributed by atoms with Crippen LogP contribution in [0.5, 0.6) is 5.75 Å². The van der Waals surface area contributed by atoms with Crippen molar-refractivity contribution in [3.8, 4) is 11.4 Å². The van der Waals surface area contributed by atoms with E-state index in [9.17, 15) is 4.79 Å². The van der Waals surface area contributed by atoms with Crippen LogP contribution in [0.15, 0.2) is 35.1 Å². The largest absolute Gasteiger partial charge is 0.494 e. The molecule has 0 radical (unpaired) electrons. The Morgan fingerprint density at radius 1 is 1.25 bits per heavy atom. The molecule has 0 spiro atoms. The average Bonchev–Trinajstić information content (AvgIpc) is 2.53. The lowest BCUT2D eigenvalue weighted by molar-refractivity contribution is 0.409. The SMILES string of the molecule is COc1ccccc1-n1c(=O)cc(C)n1C. The van der Waals surface area contributed by atoms with Gasteiger partial charge in [-0.15, -0.1) is 0 Å². The van der Waals surface area contributed by atoms with Crippen molar-refractivity contribution in [1.29, 1.82) is 0 Å². The molecule has 0 saturated heterocycles. The topological polar surface area (TPSA) is 36.2 Å². The van der Waals surface area contributed by atoms with Crippen LogP contribution in [-0.2, 0) is 7.05 Å². The number of para-hydroxylation sites is 2. The summed E-state index contributed by atoms with van der Waals surface area (Å²) in [4.78, 5) is 11.8. The third kappa shape index (κ3) is 1.52. The summed E-state index contributed by atoms with van der Waals surface area (Å²) in [6.45, 7) is 1.90. The van der Waals surface area contributed by atoms with Gasteiger partial charge in [0.05, 0.1) is 7.11 Å². The minimum atomic E-state index is -0.0514. The molecule has 0 unspecified atom stereocenters. The van der Waals surface area contributed by atoms with E-state index in [1.165, 1.54) is 0 Å². The van der Waals surface area contributed by atoms with E-state index in [4.69, 9.17) is 4.74 Å². The first-order valence-corrected chi connectivity index (χ1v) is 5.04. The molecule has 84 valence electrons. The van der Waals surface area contributed by atoms with Gasteiger partial charge in [0.2, 0.25) is 0 Å². The number of nitrogens with zero attached hydrogens (tertiary/aromatic N) is 2. The maximum Gasteiger partial charge on any atom is 0.271 e. The molecule has 0 saturated carbocycles. The van der Waals surface area contributed by atoms with Crippen molar-refractivity contribution in [2.24, 2.45) is 7.05 Å². The first kappa shape index (κ1) is 10.5. The molecule has 2 aromatic rings. The minimum absolute atomic E-state index is 0.0514. The molecule has 0 aliphatic heterocycles. The smallest absolute Gasteiger partial charge is 0.271 e. The third-order valence-corrected chi connectivity index (χ3v) is 2.66. The zero-order valence-corrected chi connectivity index (χ0v) is 9.60. The minimum Gasteiger partial charge on any atom is -0.494 e. The number of hydrogen-bond acceptors (Lipinski definition) is 2. The predicted octanol–water partition coefficient (Wildman–Crippen LogP) is 1.49. The average molecular weight is 218 g/mol. The number of rotatable bonds is 2. The fourth-order valence-corrected chi connectivity index (χ4v) is 1.72. The summed E-state index contributed by atoms with van der Waals surface area (Å²) in [5.74, 6) is 0.686. The third-order valence-electron chi connectivity index (χ3n) is 2.66. The maximum atomic E-state index is 11.8. The normalized spacial score (nSPS) is 10.4. The van der Waals surface area contributed by atoms with E-state index in [1.54, 1.807) is 22.5 Å². The Morgan fingerprint density at radius 3 is 2.50 bits per heavy atom. The summed E-state index contributed by atoms with van der Waals surface area (Å²) in [5.41, 5.74) is 1.62. The summed E-state index contributed by atoms with van der Waals surface area (Å²) in [7, 11) is 3.45. The Balaban J connectivity index is 2.72. The van der Waals surface area contributed by atoms with Gasteiger partial charge < -0.3 is 4.74 Å². The molecule has 1 heterocycles. The Kier molecular flexibility index (Phi) is 2.56. The standard InChI is InChI=1S/C12H14N2O2/c1-9-8-12(15)14(13(9)2)10-6-4-5-7-11(10)16-3/h4-8H,1-3H3. The molecule has 0 aliphatic carbocycles. The van der Waals surface area contributed by atoms with Gasteiger partial charge in [0.15, 0.2) is 0 Å². The number of methoxy groups -OCH3 is 1. The highest BCUT2D eigenvalue weighted by molar-refractivity contribution is 5.46. The molecule has 0 amide bonds. The lowest BCUT2D eigenvalue weighted by Crippen LogP contribution is -2.19. The van der Waals surface area contributed by atoms with E-state index in [0.717, 1.165) is 11.4 Å². The summed E-state index contributed by atoms with van der Waals surface area (Å²) in [6.07, 6.45) is 0. The molecule has 0 fully saturated rings. The molecule has 1 aromatic heterocycles. The van der Waals surface area contributed by atoms with Gasteiger partial charge in [-0.3, -0.25) is 9.48 Å². The van der Waals surface area contributed by atoms with Gasteiger partial charge >= 0.3 is 0 Å². The van der Waals surface area contributed by atoms with E-state index < -0.39 is 0 Å². The van der Waals surface area contributed by atoms with E-state index in [-0.39, 0.29) is 5.56 Å². The van der Waals surface area contributed by atoms with Crippen LogP contribution in [0.2, 0.25) is 0 Å². The Bertz CT molecular complexity index is 567. The van der Waals surface area contributed by atoms with Crippen molar-refractivity contribution in [3.05, 3.63) is 46.4 Å². The Hall–Kier alpha value is -1.97. The predicted molar refractivity (Wildman–Crippen MR) is 62.3 cm³/mol. The van der Waals surface area contributed by atoms with Crippen molar-refractivity contribution < 1.29 is 4.74 Å². The van der Waals surface area contributed by atoms with Crippen LogP contribution >= 0.6 is 0 Å². The van der Waals surface area contributed by atoms with E-state index in [0.29, 0.717) is 5.75 Å². The number of ether oxygens (including phenoxy) is 1. The van der Waals surface area contributed by atoms with Crippen LogP contribution in [-0.4, -0.2) is 16.5 Å². The van der Waals surface area contributed by atoms with Crippen molar-refractivity contribution >= 4 is 0 Å². The zero-order chi connectivity index (χ0) is 11.7. The van der Waals surface area contributed by atoms with Crippen LogP contribution in [0.3, 0.4) is 0 Å². The van der Waals surface area contributed by atoms with E-state index in [2.05, 4.69) is 0 Å². The Morgan fingerprint density at radius 2 is 1.94 bits per heavy atom. The van der Waals surface area contributed by atoms with E-state index in [1.807, 2.05) is 38.2 Å². The number of aryl methyl sites for hydroxylation is 1. The highest BCUT2D eigenvalue weighted by atomic mass is 16.5. The second-order valence-electron chi connectivity index (χ2n) is 3.63. The first-order valence-electron chi connectivity index (χ1n) is 5.04. The molecular formula is C12H14N2O2. The molecule has 1 aromatic carbocycles. The number of hydrogen-bond donors (Lipinski definition) is 0. The second kappa shape index (κ2) is 3.89. The monoisotopic (exact) mass is 218 g/mol. The molecular weight excluding hydrogens is 204 g/mol. The Labute approximate surface area is 93.7 Å². The van der Waals surface area contributed by atoms with Crippen LogP contribution in [0, 0.1) is 6.92 Å². The molecule has 4 heteroatoms. The molecule has 0 atom stereocenters. The van der Waals surface area contributed by atoms with Gasteiger partial charge in [0, 0.05) is 18.8 Å². The van der Waals surface area contributed by atoms with Crippen molar-refractivity contribution in [3.63, 3.8) is 0 Å². The molecule has 16 heavy (non-hydrogen) atoms. The lowest BCUT2D eigenvalue weighted by Gasteiger charge is -2.12. The summed E-state index contributed by atoms with van der Waals surface area (Å²) < 4.78 is 8.64. The summed E-state index contributed by atoms with van der Waals surface area (Å²) >= 11 is 0. The molecule has 0 N–H and O–H groups in total. The van der Waals surface area contributed by atoms with Gasteiger partial charge in [0.1, 0.15) is 11.4 Å². The number of benzene rings is 1. The maximum absolute atomic E-state index is 11.8. The molecule has 2 rings (SSSR count). The van der Waals surface area contributed by atoms with Gasteiger partial charge in [-0.2, -0.15) is 0 Å². The molecule has 4 nitrogen and oxygen atoms in total. The highest BCUT2D eigenvalue weighted by Gasteiger charge is 2.10.